The van der Waals surface area contributed by atoms with Crippen molar-refractivity contribution in [2.45, 2.75) is 19.2 Å². The molecule has 0 fully saturated rings. The number of hydrogen-bond acceptors (Lipinski definition) is 3. The Hall–Kier alpha value is -1.44. The summed E-state index contributed by atoms with van der Waals surface area (Å²) in [4.78, 5) is 2.99. The summed E-state index contributed by atoms with van der Waals surface area (Å²) in [6.07, 6.45) is -7.54. The molecule has 0 amide bonds. The van der Waals surface area contributed by atoms with E-state index in [0.717, 1.165) is 7.11 Å². The van der Waals surface area contributed by atoms with Gasteiger partial charge in [-0.05, 0) is 0 Å². The monoisotopic (exact) mass is 257 g/mol. The zero-order valence-corrected chi connectivity index (χ0v) is 8.55. The van der Waals surface area contributed by atoms with Gasteiger partial charge >= 0.3 is 6.18 Å². The third kappa shape index (κ3) is 2.63. The molecule has 0 spiro atoms. The largest absolute Gasteiger partial charge is 0.494 e. The normalized spacial score (nSPS) is 12.0. The number of alkyl halides is 5. The van der Waals surface area contributed by atoms with E-state index in [0.29, 0.717) is 6.20 Å². The summed E-state index contributed by atoms with van der Waals surface area (Å²) in [6, 6.07) is 0. The molecular weight excluding hydrogens is 249 g/mol. The Bertz CT molecular complexity index is 405. The molecule has 0 aliphatic rings. The first-order valence-electron chi connectivity index (χ1n) is 4.34. The zero-order valence-electron chi connectivity index (χ0n) is 8.55. The fourth-order valence-corrected chi connectivity index (χ4v) is 1.32. The van der Waals surface area contributed by atoms with E-state index in [-0.39, 0.29) is 0 Å². The van der Waals surface area contributed by atoms with Crippen LogP contribution < -0.4 is 4.74 Å². The molecule has 0 saturated carbocycles. The van der Waals surface area contributed by atoms with Gasteiger partial charge in [-0.1, -0.05) is 0 Å². The van der Waals surface area contributed by atoms with Gasteiger partial charge < -0.3 is 9.84 Å². The molecule has 17 heavy (non-hydrogen) atoms. The number of hydrogen-bond donors (Lipinski definition) is 1. The standard InChI is InChI=1S/C9H8F5NO2/c1-17-6-5(8(10)11)4(3-16)2-15-7(6)9(12,13)14/h2,8,16H,3H2,1H3. The summed E-state index contributed by atoms with van der Waals surface area (Å²) in [7, 11) is 0.833. The van der Waals surface area contributed by atoms with Crippen molar-refractivity contribution >= 4 is 0 Å². The smallest absolute Gasteiger partial charge is 0.437 e. The highest BCUT2D eigenvalue weighted by atomic mass is 19.4. The van der Waals surface area contributed by atoms with E-state index in [1.165, 1.54) is 0 Å². The second-order valence-corrected chi connectivity index (χ2v) is 3.04. The van der Waals surface area contributed by atoms with Gasteiger partial charge in [0.15, 0.2) is 11.4 Å². The number of halogens is 5. The molecule has 1 N–H and O–H groups in total. The topological polar surface area (TPSA) is 42.4 Å². The lowest BCUT2D eigenvalue weighted by Crippen LogP contribution is -2.13. The van der Waals surface area contributed by atoms with Crippen LogP contribution in [0.2, 0.25) is 0 Å². The van der Waals surface area contributed by atoms with Crippen molar-refractivity contribution in [2.75, 3.05) is 7.11 Å². The maximum Gasteiger partial charge on any atom is 0.437 e. The van der Waals surface area contributed by atoms with Crippen LogP contribution in [-0.2, 0) is 12.8 Å². The molecule has 0 saturated heterocycles. The van der Waals surface area contributed by atoms with Crippen LogP contribution in [0.5, 0.6) is 5.75 Å². The van der Waals surface area contributed by atoms with Crippen LogP contribution in [0.4, 0.5) is 22.0 Å². The lowest BCUT2D eigenvalue weighted by molar-refractivity contribution is -0.142. The van der Waals surface area contributed by atoms with Crippen LogP contribution in [0.1, 0.15) is 23.2 Å². The quantitative estimate of drug-likeness (QED) is 0.846. The fourth-order valence-electron chi connectivity index (χ4n) is 1.32. The van der Waals surface area contributed by atoms with E-state index in [1.807, 2.05) is 0 Å². The number of aliphatic hydroxyl groups is 1. The molecule has 1 rings (SSSR count). The molecule has 0 unspecified atom stereocenters. The first-order valence-corrected chi connectivity index (χ1v) is 4.34. The first-order chi connectivity index (χ1) is 7.82. The van der Waals surface area contributed by atoms with Gasteiger partial charge in [-0.15, -0.1) is 0 Å². The summed E-state index contributed by atoms with van der Waals surface area (Å²) >= 11 is 0. The SMILES string of the molecule is COc1c(C(F)(F)F)ncc(CO)c1C(F)F. The summed E-state index contributed by atoms with van der Waals surface area (Å²) in [6.45, 7) is -0.846. The lowest BCUT2D eigenvalue weighted by Gasteiger charge is -2.16. The molecule has 1 aromatic heterocycles. The maximum absolute atomic E-state index is 12.6. The van der Waals surface area contributed by atoms with Crippen LogP contribution >= 0.6 is 0 Å². The summed E-state index contributed by atoms with van der Waals surface area (Å²) < 4.78 is 67.0. The molecule has 96 valence electrons. The minimum absolute atomic E-state index is 0.398. The molecule has 1 aromatic rings. The van der Waals surface area contributed by atoms with Crippen molar-refractivity contribution < 1.29 is 31.8 Å². The highest BCUT2D eigenvalue weighted by Gasteiger charge is 2.39. The second kappa shape index (κ2) is 4.82. The van der Waals surface area contributed by atoms with Gasteiger partial charge in [-0.2, -0.15) is 13.2 Å². The van der Waals surface area contributed by atoms with Crippen LogP contribution in [0.25, 0.3) is 0 Å². The van der Waals surface area contributed by atoms with Gasteiger partial charge in [0, 0.05) is 11.8 Å². The number of rotatable bonds is 3. The average molecular weight is 257 g/mol. The van der Waals surface area contributed by atoms with Gasteiger partial charge in [-0.3, -0.25) is 0 Å². The maximum atomic E-state index is 12.6. The Balaban J connectivity index is 3.52. The highest BCUT2D eigenvalue weighted by Crippen LogP contribution is 2.41. The predicted octanol–water partition coefficient (Wildman–Crippen LogP) is 2.54. The number of ether oxygens (including phenoxy) is 1. The van der Waals surface area contributed by atoms with Crippen molar-refractivity contribution in [1.29, 1.82) is 0 Å². The zero-order chi connectivity index (χ0) is 13.2. The second-order valence-electron chi connectivity index (χ2n) is 3.04. The Morgan fingerprint density at radius 2 is 2.00 bits per heavy atom. The molecule has 8 heteroatoms. The van der Waals surface area contributed by atoms with E-state index in [9.17, 15) is 22.0 Å². The van der Waals surface area contributed by atoms with Crippen LogP contribution in [0, 0.1) is 0 Å². The Morgan fingerprint density at radius 1 is 1.41 bits per heavy atom. The molecule has 0 bridgehead atoms. The van der Waals surface area contributed by atoms with E-state index >= 15 is 0 Å². The summed E-state index contributed by atoms with van der Waals surface area (Å²) in [5.41, 5.74) is -2.92. The Morgan fingerprint density at radius 3 is 2.35 bits per heavy atom. The Kier molecular flexibility index (Phi) is 3.87. The van der Waals surface area contributed by atoms with Crippen molar-refractivity contribution in [2.24, 2.45) is 0 Å². The van der Waals surface area contributed by atoms with E-state index < -0.39 is 41.8 Å². The molecule has 0 aliphatic heterocycles. The number of pyridine rings is 1. The van der Waals surface area contributed by atoms with Gasteiger partial charge in [0.2, 0.25) is 0 Å². The van der Waals surface area contributed by atoms with Gasteiger partial charge in [-0.25, -0.2) is 13.8 Å². The van der Waals surface area contributed by atoms with Crippen LogP contribution in [0.3, 0.4) is 0 Å². The van der Waals surface area contributed by atoms with Gasteiger partial charge in [0.05, 0.1) is 19.3 Å². The van der Waals surface area contributed by atoms with Crippen LogP contribution in [-0.4, -0.2) is 17.2 Å². The fraction of sp³-hybridized carbons (Fsp3) is 0.444. The highest BCUT2D eigenvalue weighted by molar-refractivity contribution is 5.44. The third-order valence-electron chi connectivity index (χ3n) is 2.02. The third-order valence-corrected chi connectivity index (χ3v) is 2.02. The van der Waals surface area contributed by atoms with E-state index in [2.05, 4.69) is 9.72 Å². The van der Waals surface area contributed by atoms with Gasteiger partial charge in [0.25, 0.3) is 6.43 Å². The lowest BCUT2D eigenvalue weighted by atomic mass is 10.1. The van der Waals surface area contributed by atoms with Crippen molar-refractivity contribution in [1.82, 2.24) is 4.98 Å². The van der Waals surface area contributed by atoms with E-state index in [4.69, 9.17) is 5.11 Å². The van der Waals surface area contributed by atoms with Gasteiger partial charge in [0.1, 0.15) is 0 Å². The molecule has 1 heterocycles. The Labute approximate surface area is 92.8 Å². The minimum Gasteiger partial charge on any atom is -0.494 e. The number of methoxy groups -OCH3 is 1. The molecule has 0 radical (unpaired) electrons. The molecule has 0 aliphatic carbocycles. The molecule has 3 nitrogen and oxygen atoms in total. The van der Waals surface area contributed by atoms with Crippen LogP contribution in [0.15, 0.2) is 6.20 Å². The van der Waals surface area contributed by atoms with Crippen molar-refractivity contribution in [3.05, 3.63) is 23.0 Å². The number of aromatic nitrogens is 1. The van der Waals surface area contributed by atoms with Crippen molar-refractivity contribution in [3.8, 4) is 5.75 Å². The molecular formula is C9H8F5NO2. The van der Waals surface area contributed by atoms with E-state index in [1.54, 1.807) is 0 Å². The average Bonchev–Trinajstić information content (AvgIpc) is 2.25. The molecule has 0 aromatic carbocycles. The predicted molar refractivity (Wildman–Crippen MR) is 46.7 cm³/mol. The molecule has 0 atom stereocenters. The summed E-state index contributed by atoms with van der Waals surface area (Å²) in [5.74, 6) is -1.06. The number of nitrogens with zero attached hydrogens (tertiary/aromatic N) is 1. The minimum atomic E-state index is -4.90. The first kappa shape index (κ1) is 13.6. The van der Waals surface area contributed by atoms with Crippen molar-refractivity contribution in [3.63, 3.8) is 0 Å². The summed E-state index contributed by atoms with van der Waals surface area (Å²) in [5, 5.41) is 8.77. The number of aliphatic hydroxyl groups excluding tert-OH is 1.